The zero-order chi connectivity index (χ0) is 8.67. The van der Waals surface area contributed by atoms with E-state index < -0.39 is 0 Å². The van der Waals surface area contributed by atoms with Gasteiger partial charge in [-0.25, -0.2) is 4.68 Å². The van der Waals surface area contributed by atoms with Crippen LogP contribution in [0.4, 0.5) is 5.95 Å². The second kappa shape index (κ2) is 2.72. The van der Waals surface area contributed by atoms with Crippen LogP contribution >= 0.6 is 0 Å². The van der Waals surface area contributed by atoms with E-state index in [0.717, 1.165) is 24.9 Å². The number of aromatic nitrogens is 3. The van der Waals surface area contributed by atoms with Crippen LogP contribution in [-0.2, 0) is 6.54 Å². The van der Waals surface area contributed by atoms with E-state index in [2.05, 4.69) is 15.4 Å². The summed E-state index contributed by atoms with van der Waals surface area (Å²) in [5.41, 5.74) is 0. The quantitative estimate of drug-likeness (QED) is 0.706. The van der Waals surface area contributed by atoms with Crippen LogP contribution < -0.4 is 5.32 Å². The molecule has 0 saturated heterocycles. The highest BCUT2D eigenvalue weighted by Gasteiger charge is 2.25. The highest BCUT2D eigenvalue weighted by atomic mass is 15.4. The maximum absolute atomic E-state index is 4.52. The van der Waals surface area contributed by atoms with Gasteiger partial charge < -0.3 is 5.32 Å². The molecule has 2 aliphatic rings. The molecule has 3 rings (SSSR count). The molecular weight excluding hydrogens is 164 g/mol. The summed E-state index contributed by atoms with van der Waals surface area (Å²) in [6, 6.07) is 0. The van der Waals surface area contributed by atoms with Gasteiger partial charge in [-0.15, -0.1) is 0 Å². The zero-order valence-corrected chi connectivity index (χ0v) is 7.66. The molecule has 13 heavy (non-hydrogen) atoms. The molecule has 4 heteroatoms. The Hall–Kier alpha value is -1.06. The van der Waals surface area contributed by atoms with Gasteiger partial charge in [-0.1, -0.05) is 6.42 Å². The summed E-state index contributed by atoms with van der Waals surface area (Å²) >= 11 is 0. The van der Waals surface area contributed by atoms with Crippen molar-refractivity contribution in [2.45, 2.75) is 38.1 Å². The van der Waals surface area contributed by atoms with E-state index in [0.29, 0.717) is 5.92 Å². The molecule has 4 nitrogen and oxygen atoms in total. The molecule has 1 aromatic heterocycles. The first kappa shape index (κ1) is 7.35. The van der Waals surface area contributed by atoms with Gasteiger partial charge >= 0.3 is 0 Å². The van der Waals surface area contributed by atoms with Crippen LogP contribution in [0, 0.1) is 0 Å². The Morgan fingerprint density at radius 3 is 2.92 bits per heavy atom. The van der Waals surface area contributed by atoms with Crippen molar-refractivity contribution in [3.63, 3.8) is 0 Å². The second-order valence-electron chi connectivity index (χ2n) is 3.92. The van der Waals surface area contributed by atoms with Gasteiger partial charge in [0.05, 0.1) is 0 Å². The van der Waals surface area contributed by atoms with E-state index in [-0.39, 0.29) is 0 Å². The lowest BCUT2D eigenvalue weighted by Gasteiger charge is -2.21. The number of fused-ring (bicyclic) bond motifs is 1. The van der Waals surface area contributed by atoms with Crippen LogP contribution in [0.1, 0.15) is 37.4 Å². The largest absolute Gasteiger partial charge is 0.354 e. The minimum absolute atomic E-state index is 0.653. The zero-order valence-electron chi connectivity index (χ0n) is 7.66. The van der Waals surface area contributed by atoms with E-state index >= 15 is 0 Å². The maximum Gasteiger partial charge on any atom is 0.221 e. The minimum Gasteiger partial charge on any atom is -0.354 e. The smallest absolute Gasteiger partial charge is 0.221 e. The molecule has 2 heterocycles. The van der Waals surface area contributed by atoms with Gasteiger partial charge in [-0.3, -0.25) is 0 Å². The predicted octanol–water partition coefficient (Wildman–Crippen LogP) is 1.36. The molecule has 1 aliphatic heterocycles. The van der Waals surface area contributed by atoms with Gasteiger partial charge in [-0.05, 0) is 19.3 Å². The van der Waals surface area contributed by atoms with Crippen molar-refractivity contribution in [1.29, 1.82) is 0 Å². The number of rotatable bonds is 1. The SMILES string of the molecule is C1CC(c2nc3n(n2)CCCN3)C1. The first-order valence-corrected chi connectivity index (χ1v) is 5.12. The van der Waals surface area contributed by atoms with Crippen molar-refractivity contribution in [2.24, 2.45) is 0 Å². The number of aryl methyl sites for hydroxylation is 1. The molecule has 1 saturated carbocycles. The van der Waals surface area contributed by atoms with E-state index in [4.69, 9.17) is 0 Å². The second-order valence-corrected chi connectivity index (χ2v) is 3.92. The predicted molar refractivity (Wildman–Crippen MR) is 49.7 cm³/mol. The first-order valence-electron chi connectivity index (χ1n) is 5.12. The lowest BCUT2D eigenvalue weighted by molar-refractivity contribution is 0.398. The van der Waals surface area contributed by atoms with Gasteiger partial charge in [-0.2, -0.15) is 10.1 Å². The molecule has 70 valence electrons. The molecule has 0 spiro atoms. The Kier molecular flexibility index (Phi) is 1.54. The Morgan fingerprint density at radius 2 is 2.23 bits per heavy atom. The standard InChI is InChI=1S/C9H14N4/c1-3-7(4-1)8-11-9-10-5-2-6-13(9)12-8/h7H,1-6H2,(H,10,11,12). The van der Waals surface area contributed by atoms with Gasteiger partial charge in [0.15, 0.2) is 5.82 Å². The molecule has 1 aliphatic carbocycles. The van der Waals surface area contributed by atoms with Crippen LogP contribution in [0.15, 0.2) is 0 Å². The topological polar surface area (TPSA) is 42.7 Å². The molecule has 1 aromatic rings. The van der Waals surface area contributed by atoms with Crippen molar-refractivity contribution in [1.82, 2.24) is 14.8 Å². The van der Waals surface area contributed by atoms with E-state index in [1.807, 2.05) is 4.68 Å². The molecule has 1 fully saturated rings. The van der Waals surface area contributed by atoms with Gasteiger partial charge in [0.25, 0.3) is 0 Å². The summed E-state index contributed by atoms with van der Waals surface area (Å²) in [4.78, 5) is 4.51. The third kappa shape index (κ3) is 1.12. The monoisotopic (exact) mass is 178 g/mol. The summed E-state index contributed by atoms with van der Waals surface area (Å²) in [7, 11) is 0. The average Bonchev–Trinajstić information content (AvgIpc) is 2.43. The van der Waals surface area contributed by atoms with E-state index in [9.17, 15) is 0 Å². The number of hydrogen-bond acceptors (Lipinski definition) is 3. The minimum atomic E-state index is 0.653. The summed E-state index contributed by atoms with van der Waals surface area (Å²) < 4.78 is 2.01. The molecular formula is C9H14N4. The summed E-state index contributed by atoms with van der Waals surface area (Å²) in [5, 5.41) is 7.79. The van der Waals surface area contributed by atoms with Crippen molar-refractivity contribution in [2.75, 3.05) is 11.9 Å². The number of nitrogens with one attached hydrogen (secondary N) is 1. The van der Waals surface area contributed by atoms with Crippen LogP contribution in [0.5, 0.6) is 0 Å². The van der Waals surface area contributed by atoms with E-state index in [1.165, 1.54) is 25.7 Å². The Labute approximate surface area is 77.4 Å². The lowest BCUT2D eigenvalue weighted by atomic mass is 9.85. The Balaban J connectivity index is 1.90. The summed E-state index contributed by atoms with van der Waals surface area (Å²) in [5.74, 6) is 2.70. The maximum atomic E-state index is 4.52. The molecule has 0 bridgehead atoms. The lowest BCUT2D eigenvalue weighted by Crippen LogP contribution is -2.18. The average molecular weight is 178 g/mol. The third-order valence-electron chi connectivity index (χ3n) is 2.99. The van der Waals surface area contributed by atoms with Crippen LogP contribution in [0.2, 0.25) is 0 Å². The highest BCUT2D eigenvalue weighted by molar-refractivity contribution is 5.27. The molecule has 0 atom stereocenters. The van der Waals surface area contributed by atoms with Crippen LogP contribution in [0.3, 0.4) is 0 Å². The molecule has 0 amide bonds. The normalized spacial score (nSPS) is 21.8. The fourth-order valence-corrected chi connectivity index (χ4v) is 1.91. The van der Waals surface area contributed by atoms with Crippen molar-refractivity contribution >= 4 is 5.95 Å². The van der Waals surface area contributed by atoms with Gasteiger partial charge in [0.1, 0.15) is 0 Å². The molecule has 1 N–H and O–H groups in total. The van der Waals surface area contributed by atoms with Crippen molar-refractivity contribution in [3.05, 3.63) is 5.82 Å². The first-order chi connectivity index (χ1) is 6.43. The van der Waals surface area contributed by atoms with Crippen LogP contribution in [-0.4, -0.2) is 21.3 Å². The molecule has 0 unspecified atom stereocenters. The fraction of sp³-hybridized carbons (Fsp3) is 0.778. The molecule has 0 aromatic carbocycles. The third-order valence-corrected chi connectivity index (χ3v) is 2.99. The highest BCUT2D eigenvalue weighted by Crippen LogP contribution is 2.35. The van der Waals surface area contributed by atoms with Crippen LogP contribution in [0.25, 0.3) is 0 Å². The van der Waals surface area contributed by atoms with Gasteiger partial charge in [0.2, 0.25) is 5.95 Å². The Morgan fingerprint density at radius 1 is 1.31 bits per heavy atom. The fourth-order valence-electron chi connectivity index (χ4n) is 1.91. The Bertz CT molecular complexity index is 290. The number of hydrogen-bond donors (Lipinski definition) is 1. The van der Waals surface area contributed by atoms with Crippen molar-refractivity contribution < 1.29 is 0 Å². The summed E-state index contributed by atoms with van der Waals surface area (Å²) in [6.45, 7) is 2.07. The van der Waals surface area contributed by atoms with Gasteiger partial charge in [0, 0.05) is 19.0 Å². The summed E-state index contributed by atoms with van der Waals surface area (Å²) in [6.07, 6.45) is 5.08. The van der Waals surface area contributed by atoms with Crippen molar-refractivity contribution in [3.8, 4) is 0 Å². The molecule has 0 radical (unpaired) electrons. The number of anilines is 1. The number of nitrogens with zero attached hydrogens (tertiary/aromatic N) is 3. The van der Waals surface area contributed by atoms with E-state index in [1.54, 1.807) is 0 Å².